The molecular formula is C19H16F3NO3. The quantitative estimate of drug-likeness (QED) is 0.666. The number of carbonyl (C=O) groups excluding carboxylic acids is 1. The fraction of sp³-hybridized carbons (Fsp3) is 0.211. The number of benzene rings is 2. The Morgan fingerprint density at radius 2 is 1.62 bits per heavy atom. The molecule has 0 aliphatic heterocycles. The van der Waals surface area contributed by atoms with E-state index in [0.717, 1.165) is 7.11 Å². The highest BCUT2D eigenvalue weighted by molar-refractivity contribution is 5.91. The first-order chi connectivity index (χ1) is 12.3. The zero-order valence-corrected chi connectivity index (χ0v) is 14.1. The Labute approximate surface area is 148 Å². The van der Waals surface area contributed by atoms with Crippen molar-refractivity contribution in [2.75, 3.05) is 19.5 Å². The van der Waals surface area contributed by atoms with Crippen molar-refractivity contribution in [3.8, 4) is 17.6 Å². The molecule has 0 bridgehead atoms. The van der Waals surface area contributed by atoms with Gasteiger partial charge in [0.05, 0.1) is 19.9 Å². The summed E-state index contributed by atoms with van der Waals surface area (Å²) in [7, 11) is 2.18. The van der Waals surface area contributed by atoms with Crippen molar-refractivity contribution >= 4 is 11.7 Å². The van der Waals surface area contributed by atoms with E-state index in [1.807, 2.05) is 5.92 Å². The summed E-state index contributed by atoms with van der Waals surface area (Å²) in [5.74, 6) is 2.98. The Balaban J connectivity index is 2.61. The lowest BCUT2D eigenvalue weighted by Crippen LogP contribution is -2.57. The molecule has 0 saturated carbocycles. The molecule has 0 fully saturated rings. The van der Waals surface area contributed by atoms with Gasteiger partial charge >= 0.3 is 12.1 Å². The summed E-state index contributed by atoms with van der Waals surface area (Å²) >= 11 is 0. The summed E-state index contributed by atoms with van der Waals surface area (Å²) in [6, 6.07) is 14.0. The molecule has 0 heterocycles. The lowest BCUT2D eigenvalue weighted by Gasteiger charge is -2.30. The molecule has 7 heteroatoms. The molecule has 0 amide bonds. The van der Waals surface area contributed by atoms with Crippen molar-refractivity contribution in [2.24, 2.45) is 0 Å². The largest absolute Gasteiger partial charge is 0.495 e. The summed E-state index contributed by atoms with van der Waals surface area (Å²) in [5, 5.41) is 2.17. The van der Waals surface area contributed by atoms with Crippen LogP contribution >= 0.6 is 0 Å². The van der Waals surface area contributed by atoms with Gasteiger partial charge in [-0.2, -0.15) is 13.2 Å². The van der Waals surface area contributed by atoms with E-state index >= 15 is 0 Å². The number of carbonyl (C=O) groups is 1. The van der Waals surface area contributed by atoms with E-state index in [9.17, 15) is 18.0 Å². The van der Waals surface area contributed by atoms with E-state index in [-0.39, 0.29) is 11.4 Å². The minimum Gasteiger partial charge on any atom is -0.495 e. The number of esters is 1. The fourth-order valence-electron chi connectivity index (χ4n) is 2.18. The zero-order valence-electron chi connectivity index (χ0n) is 14.1. The molecule has 1 atom stereocenters. The average molecular weight is 363 g/mol. The first-order valence-corrected chi connectivity index (χ1v) is 7.48. The van der Waals surface area contributed by atoms with Crippen LogP contribution < -0.4 is 10.1 Å². The summed E-state index contributed by atoms with van der Waals surface area (Å²) in [5.41, 5.74) is -2.97. The molecule has 4 nitrogen and oxygen atoms in total. The van der Waals surface area contributed by atoms with Crippen LogP contribution in [0.2, 0.25) is 0 Å². The summed E-state index contributed by atoms with van der Waals surface area (Å²) in [4.78, 5) is 12.2. The van der Waals surface area contributed by atoms with Crippen LogP contribution in [0.4, 0.5) is 18.9 Å². The highest BCUT2D eigenvalue weighted by atomic mass is 19.4. The predicted molar refractivity (Wildman–Crippen MR) is 90.7 cm³/mol. The summed E-state index contributed by atoms with van der Waals surface area (Å²) in [6.45, 7) is 0. The van der Waals surface area contributed by atoms with Gasteiger partial charge in [0.1, 0.15) is 5.75 Å². The highest BCUT2D eigenvalue weighted by Gasteiger charge is 2.61. The van der Waals surface area contributed by atoms with Crippen LogP contribution in [0.1, 0.15) is 5.56 Å². The monoisotopic (exact) mass is 363 g/mol. The van der Waals surface area contributed by atoms with Crippen molar-refractivity contribution in [3.05, 3.63) is 60.2 Å². The molecule has 0 aliphatic rings. The van der Waals surface area contributed by atoms with Gasteiger partial charge in [-0.3, -0.25) is 0 Å². The number of methoxy groups -OCH3 is 2. The van der Waals surface area contributed by atoms with E-state index in [1.54, 1.807) is 24.3 Å². The molecule has 0 aliphatic carbocycles. The van der Waals surface area contributed by atoms with Crippen LogP contribution in [0.5, 0.6) is 5.75 Å². The van der Waals surface area contributed by atoms with E-state index < -0.39 is 17.7 Å². The Morgan fingerprint density at radius 3 is 2.19 bits per heavy atom. The topological polar surface area (TPSA) is 47.6 Å². The van der Waals surface area contributed by atoms with E-state index in [1.165, 1.54) is 37.4 Å². The Morgan fingerprint density at radius 1 is 1.00 bits per heavy atom. The molecule has 0 radical (unpaired) electrons. The first-order valence-electron chi connectivity index (χ1n) is 7.48. The lowest BCUT2D eigenvalue weighted by molar-refractivity contribution is -0.187. The van der Waals surface area contributed by atoms with Crippen LogP contribution in [-0.4, -0.2) is 31.9 Å². The van der Waals surface area contributed by atoms with E-state index in [4.69, 9.17) is 4.74 Å². The van der Waals surface area contributed by atoms with Gasteiger partial charge in [-0.05, 0) is 30.2 Å². The smallest absolute Gasteiger partial charge is 0.434 e. The zero-order chi connectivity index (χ0) is 19.2. The molecule has 2 rings (SSSR count). The van der Waals surface area contributed by atoms with Gasteiger partial charge in [-0.15, -0.1) is 0 Å². The maximum absolute atomic E-state index is 13.9. The van der Waals surface area contributed by atoms with Crippen molar-refractivity contribution in [1.29, 1.82) is 0 Å². The lowest BCUT2D eigenvalue weighted by atomic mass is 9.97. The SMILES string of the molecule is COC(=O)[C@@](C#Cc1ccccc1)(Nc1ccccc1OC)C(F)(F)F. The maximum atomic E-state index is 13.9. The first kappa shape index (κ1) is 19.2. The number of rotatable bonds is 4. The highest BCUT2D eigenvalue weighted by Crippen LogP contribution is 2.37. The normalized spacial score (nSPS) is 13.0. The number of para-hydroxylation sites is 2. The second-order valence-corrected chi connectivity index (χ2v) is 5.18. The number of alkyl halides is 3. The molecule has 0 unspecified atom stereocenters. The van der Waals surface area contributed by atoms with Crippen molar-refractivity contribution < 1.29 is 27.4 Å². The molecule has 26 heavy (non-hydrogen) atoms. The second kappa shape index (κ2) is 7.83. The van der Waals surface area contributed by atoms with Gasteiger partial charge in [0.25, 0.3) is 5.54 Å². The molecule has 136 valence electrons. The Kier molecular flexibility index (Phi) is 5.78. The van der Waals surface area contributed by atoms with Crippen LogP contribution in [0.3, 0.4) is 0 Å². The predicted octanol–water partition coefficient (Wildman–Crippen LogP) is 3.63. The maximum Gasteiger partial charge on any atom is 0.434 e. The average Bonchev–Trinajstić information content (AvgIpc) is 2.64. The van der Waals surface area contributed by atoms with Gasteiger partial charge in [0.15, 0.2) is 0 Å². The Hall–Kier alpha value is -3.14. The van der Waals surface area contributed by atoms with Gasteiger partial charge < -0.3 is 14.8 Å². The van der Waals surface area contributed by atoms with Crippen molar-refractivity contribution in [3.63, 3.8) is 0 Å². The number of ether oxygens (including phenoxy) is 2. The van der Waals surface area contributed by atoms with Crippen LogP contribution in [0.15, 0.2) is 54.6 Å². The van der Waals surface area contributed by atoms with E-state index in [2.05, 4.69) is 16.0 Å². The van der Waals surface area contributed by atoms with Crippen molar-refractivity contribution in [2.45, 2.75) is 11.7 Å². The third-order valence-electron chi connectivity index (χ3n) is 3.51. The van der Waals surface area contributed by atoms with Crippen molar-refractivity contribution in [1.82, 2.24) is 0 Å². The number of hydrogen-bond acceptors (Lipinski definition) is 4. The molecule has 0 spiro atoms. The van der Waals surface area contributed by atoms with Gasteiger partial charge in [-0.1, -0.05) is 36.3 Å². The molecule has 0 saturated heterocycles. The third kappa shape index (κ3) is 3.91. The molecule has 2 aromatic rings. The minimum atomic E-state index is -5.05. The third-order valence-corrected chi connectivity index (χ3v) is 3.51. The molecule has 0 aromatic heterocycles. The van der Waals surface area contributed by atoms with E-state index in [0.29, 0.717) is 5.56 Å². The van der Waals surface area contributed by atoms with Gasteiger partial charge in [0, 0.05) is 5.56 Å². The Bertz CT molecular complexity index is 825. The van der Waals surface area contributed by atoms with Gasteiger partial charge in [-0.25, -0.2) is 4.79 Å². The van der Waals surface area contributed by atoms with Crippen LogP contribution in [-0.2, 0) is 9.53 Å². The number of nitrogens with one attached hydrogen (secondary N) is 1. The second-order valence-electron chi connectivity index (χ2n) is 5.18. The van der Waals surface area contributed by atoms with Crippen LogP contribution in [0, 0.1) is 11.8 Å². The fourth-order valence-corrected chi connectivity index (χ4v) is 2.18. The molecule has 2 aromatic carbocycles. The van der Waals surface area contributed by atoms with Gasteiger partial charge in [0.2, 0.25) is 0 Å². The standard InChI is InChI=1S/C19H16F3NO3/c1-25-16-11-7-6-10-15(16)23-18(17(24)26-2,19(20,21)22)13-12-14-8-4-3-5-9-14/h3-11,23H,1-2H3/t18-/m1/s1. The number of anilines is 1. The summed E-state index contributed by atoms with van der Waals surface area (Å²) in [6.07, 6.45) is -5.05. The molecular weight excluding hydrogens is 347 g/mol. The molecule has 1 N–H and O–H groups in total. The summed E-state index contributed by atoms with van der Waals surface area (Å²) < 4.78 is 51.3. The van der Waals surface area contributed by atoms with Crippen LogP contribution in [0.25, 0.3) is 0 Å². The number of hydrogen-bond donors (Lipinski definition) is 1. The number of halogens is 3. The minimum absolute atomic E-state index is 0.0416.